The number of nitrogens with one attached hydrogen (secondary N) is 2. The number of carbonyl (C=O) groups is 4. The predicted octanol–water partition coefficient (Wildman–Crippen LogP) is 3.65. The lowest BCUT2D eigenvalue weighted by molar-refractivity contribution is -0.145. The van der Waals surface area contributed by atoms with Crippen LogP contribution in [-0.2, 0) is 36.8 Å². The second-order valence-corrected chi connectivity index (χ2v) is 11.0. The van der Waals surface area contributed by atoms with Gasteiger partial charge < -0.3 is 20.5 Å². The average molecular weight is 543 g/mol. The molecule has 0 aliphatic rings. The van der Waals surface area contributed by atoms with E-state index in [4.69, 9.17) is 4.74 Å². The quantitative estimate of drug-likeness (QED) is 0.330. The van der Waals surface area contributed by atoms with Gasteiger partial charge in [-0.2, -0.15) is 0 Å². The summed E-state index contributed by atoms with van der Waals surface area (Å²) in [5.74, 6) is -2.13. The molecule has 0 saturated carbocycles. The number of amides is 2. The van der Waals surface area contributed by atoms with Crippen molar-refractivity contribution in [1.82, 2.24) is 10.6 Å². The van der Waals surface area contributed by atoms with Crippen LogP contribution >= 0.6 is 11.8 Å². The zero-order valence-corrected chi connectivity index (χ0v) is 23.4. The Balaban J connectivity index is 2.25. The van der Waals surface area contributed by atoms with Gasteiger partial charge in [-0.25, -0.2) is 4.79 Å². The van der Waals surface area contributed by atoms with Gasteiger partial charge in [0.2, 0.25) is 11.8 Å². The van der Waals surface area contributed by atoms with E-state index in [9.17, 15) is 24.3 Å². The first-order chi connectivity index (χ1) is 18.0. The molecule has 0 heterocycles. The lowest BCUT2D eigenvalue weighted by atomic mass is 9.93. The highest BCUT2D eigenvalue weighted by Gasteiger charge is 2.34. The van der Waals surface area contributed by atoms with Gasteiger partial charge in [0.05, 0.1) is 13.0 Å². The number of esters is 1. The Morgan fingerprint density at radius 2 is 1.50 bits per heavy atom. The Morgan fingerprint density at radius 3 is 2.05 bits per heavy atom. The highest BCUT2D eigenvalue weighted by Crippen LogP contribution is 2.25. The van der Waals surface area contributed by atoms with Gasteiger partial charge in [0.25, 0.3) is 0 Å². The van der Waals surface area contributed by atoms with E-state index in [2.05, 4.69) is 10.6 Å². The van der Waals surface area contributed by atoms with Crippen LogP contribution in [-0.4, -0.2) is 52.4 Å². The van der Waals surface area contributed by atoms with E-state index in [1.54, 1.807) is 12.1 Å². The fourth-order valence-corrected chi connectivity index (χ4v) is 5.02. The maximum atomic E-state index is 13.6. The molecule has 0 aromatic heterocycles. The predicted molar refractivity (Wildman–Crippen MR) is 149 cm³/mol. The molecule has 0 aliphatic carbocycles. The van der Waals surface area contributed by atoms with Crippen LogP contribution in [0.25, 0.3) is 0 Å². The highest BCUT2D eigenvalue weighted by molar-refractivity contribution is 8.14. The maximum Gasteiger partial charge on any atom is 0.328 e. The molecule has 5 atom stereocenters. The standard InChI is InChI=1S/C29H38N2O6S/c1-6-18(2)26(28(35)30-25(29(36)37-5)17-22-12-14-23(33)15-13-22)31-27(34)24(19(3)38-20(4)32)16-21-10-8-7-9-11-21/h7-15,18-19,24-26,33H,6,16-17H2,1-5H3,(H,30,35)(H,31,34)/t18?,19?,24?,25-,26-/m0/s1. The van der Waals surface area contributed by atoms with Crippen LogP contribution in [0.1, 0.15) is 45.2 Å². The van der Waals surface area contributed by atoms with Crippen LogP contribution < -0.4 is 10.6 Å². The molecule has 206 valence electrons. The lowest BCUT2D eigenvalue weighted by Crippen LogP contribution is -2.56. The Bertz CT molecular complexity index is 1080. The van der Waals surface area contributed by atoms with E-state index < -0.39 is 29.9 Å². The third-order valence-corrected chi connectivity index (χ3v) is 7.56. The number of phenols is 1. The summed E-state index contributed by atoms with van der Waals surface area (Å²) in [6.07, 6.45) is 1.18. The number of methoxy groups -OCH3 is 1. The van der Waals surface area contributed by atoms with Crippen molar-refractivity contribution >= 4 is 34.7 Å². The second kappa shape index (κ2) is 15.2. The van der Waals surface area contributed by atoms with E-state index in [0.29, 0.717) is 12.8 Å². The Morgan fingerprint density at radius 1 is 0.895 bits per heavy atom. The SMILES string of the molecule is CCC(C)[C@H](NC(=O)C(Cc1ccccc1)C(C)SC(C)=O)C(=O)N[C@@H](Cc1ccc(O)cc1)C(=O)OC. The van der Waals surface area contributed by atoms with Crippen LogP contribution in [0, 0.1) is 11.8 Å². The van der Waals surface area contributed by atoms with Crippen LogP contribution in [0.2, 0.25) is 0 Å². The number of ether oxygens (including phenoxy) is 1. The second-order valence-electron chi connectivity index (χ2n) is 9.44. The van der Waals surface area contributed by atoms with Gasteiger partial charge in [-0.15, -0.1) is 0 Å². The van der Waals surface area contributed by atoms with Crippen LogP contribution in [0.15, 0.2) is 54.6 Å². The number of hydrogen-bond donors (Lipinski definition) is 3. The monoisotopic (exact) mass is 542 g/mol. The van der Waals surface area contributed by atoms with Crippen molar-refractivity contribution in [2.24, 2.45) is 11.8 Å². The van der Waals surface area contributed by atoms with E-state index in [0.717, 1.165) is 22.9 Å². The molecule has 3 N–H and O–H groups in total. The lowest BCUT2D eigenvalue weighted by Gasteiger charge is -2.29. The van der Waals surface area contributed by atoms with Crippen LogP contribution in [0.4, 0.5) is 0 Å². The van der Waals surface area contributed by atoms with Crippen molar-refractivity contribution in [3.05, 3.63) is 65.7 Å². The van der Waals surface area contributed by atoms with Crippen molar-refractivity contribution in [2.45, 2.75) is 64.3 Å². The van der Waals surface area contributed by atoms with Crippen molar-refractivity contribution in [2.75, 3.05) is 7.11 Å². The number of aromatic hydroxyl groups is 1. The Hall–Kier alpha value is -3.33. The molecule has 2 aromatic rings. The van der Waals surface area contributed by atoms with E-state index in [1.807, 2.05) is 51.1 Å². The summed E-state index contributed by atoms with van der Waals surface area (Å²) < 4.78 is 4.90. The molecule has 2 amide bonds. The van der Waals surface area contributed by atoms with Gasteiger partial charge in [0, 0.05) is 18.6 Å². The number of benzene rings is 2. The molecule has 9 heteroatoms. The third-order valence-electron chi connectivity index (χ3n) is 6.53. The zero-order valence-electron chi connectivity index (χ0n) is 22.6. The fraction of sp³-hybridized carbons (Fsp3) is 0.448. The van der Waals surface area contributed by atoms with Crippen molar-refractivity contribution in [3.63, 3.8) is 0 Å². The number of hydrogen-bond acceptors (Lipinski definition) is 7. The summed E-state index contributed by atoms with van der Waals surface area (Å²) in [6.45, 7) is 7.08. The summed E-state index contributed by atoms with van der Waals surface area (Å²) in [4.78, 5) is 51.3. The number of phenolic OH excluding ortho intramolecular Hbond substituents is 1. The van der Waals surface area contributed by atoms with Gasteiger partial charge in [0.1, 0.15) is 17.8 Å². The molecule has 0 saturated heterocycles. The van der Waals surface area contributed by atoms with E-state index >= 15 is 0 Å². The molecule has 0 aliphatic heterocycles. The molecule has 38 heavy (non-hydrogen) atoms. The zero-order chi connectivity index (χ0) is 28.2. The first-order valence-corrected chi connectivity index (χ1v) is 13.6. The maximum absolute atomic E-state index is 13.6. The third kappa shape index (κ3) is 9.52. The molecular formula is C29H38N2O6S. The number of carbonyl (C=O) groups excluding carboxylic acids is 4. The topological polar surface area (TPSA) is 122 Å². The Kier molecular flexibility index (Phi) is 12.3. The smallest absolute Gasteiger partial charge is 0.328 e. The van der Waals surface area contributed by atoms with Gasteiger partial charge in [-0.1, -0.05) is 81.4 Å². The molecule has 2 aromatic carbocycles. The fourth-order valence-electron chi connectivity index (χ4n) is 4.11. The van der Waals surface area contributed by atoms with Crippen molar-refractivity contribution < 1.29 is 29.0 Å². The Labute approximate surface area is 228 Å². The van der Waals surface area contributed by atoms with Crippen molar-refractivity contribution in [3.8, 4) is 5.75 Å². The number of thioether (sulfide) groups is 1. The average Bonchev–Trinajstić information content (AvgIpc) is 2.90. The normalized spacial score (nSPS) is 14.9. The summed E-state index contributed by atoms with van der Waals surface area (Å²) in [5.41, 5.74) is 1.67. The molecule has 0 spiro atoms. The molecular weight excluding hydrogens is 504 g/mol. The molecule has 8 nitrogen and oxygen atoms in total. The molecule has 0 radical (unpaired) electrons. The van der Waals surface area contributed by atoms with E-state index in [-0.39, 0.29) is 34.4 Å². The van der Waals surface area contributed by atoms with Gasteiger partial charge in [0.15, 0.2) is 5.12 Å². The molecule has 0 bridgehead atoms. The summed E-state index contributed by atoms with van der Waals surface area (Å²) >= 11 is 1.10. The van der Waals surface area contributed by atoms with Gasteiger partial charge in [-0.05, 0) is 35.6 Å². The van der Waals surface area contributed by atoms with Crippen LogP contribution in [0.3, 0.4) is 0 Å². The summed E-state index contributed by atoms with van der Waals surface area (Å²) in [5, 5.41) is 14.8. The minimum Gasteiger partial charge on any atom is -0.508 e. The van der Waals surface area contributed by atoms with E-state index in [1.165, 1.54) is 26.2 Å². The summed E-state index contributed by atoms with van der Waals surface area (Å²) in [6, 6.07) is 14.0. The first kappa shape index (κ1) is 30.9. The first-order valence-electron chi connectivity index (χ1n) is 12.7. The molecule has 2 rings (SSSR count). The molecule has 0 fully saturated rings. The van der Waals surface area contributed by atoms with Gasteiger partial charge in [-0.3, -0.25) is 14.4 Å². The minimum absolute atomic E-state index is 0.0882. The largest absolute Gasteiger partial charge is 0.508 e. The van der Waals surface area contributed by atoms with Crippen molar-refractivity contribution in [1.29, 1.82) is 0 Å². The van der Waals surface area contributed by atoms with Crippen LogP contribution in [0.5, 0.6) is 5.75 Å². The highest BCUT2D eigenvalue weighted by atomic mass is 32.2. The summed E-state index contributed by atoms with van der Waals surface area (Å²) in [7, 11) is 1.24. The minimum atomic E-state index is -0.979. The molecule has 3 unspecified atom stereocenters. The van der Waals surface area contributed by atoms with Gasteiger partial charge >= 0.3 is 5.97 Å². The number of rotatable bonds is 13.